The molecule has 4 N–H and O–H groups in total. The molecule has 1 amide bonds. The number of carbonyl (C=O) groups excluding carboxylic acids is 2. The van der Waals surface area contributed by atoms with E-state index >= 15 is 0 Å². The summed E-state index contributed by atoms with van der Waals surface area (Å²) in [7, 11) is 0. The molecular formula is C30H39F3N6O4S. The Kier molecular flexibility index (Phi) is 11.2. The van der Waals surface area contributed by atoms with E-state index in [9.17, 15) is 22.8 Å². The Bertz CT molecular complexity index is 1430. The predicted molar refractivity (Wildman–Crippen MR) is 166 cm³/mol. The molecule has 3 rings (SSSR count). The number of halogens is 3. The maximum Gasteiger partial charge on any atom is 0.399 e. The summed E-state index contributed by atoms with van der Waals surface area (Å²) in [6, 6.07) is 9.90. The van der Waals surface area contributed by atoms with Crippen LogP contribution < -0.4 is 20.5 Å². The van der Waals surface area contributed by atoms with Crippen molar-refractivity contribution < 1.29 is 32.2 Å². The number of alkyl halides is 3. The molecule has 0 radical (unpaired) electrons. The van der Waals surface area contributed by atoms with Gasteiger partial charge >= 0.3 is 12.1 Å². The smallest absolute Gasteiger partial charge is 0.399 e. The maximum atomic E-state index is 12.8. The van der Waals surface area contributed by atoms with E-state index in [2.05, 4.69) is 15.0 Å². The van der Waals surface area contributed by atoms with Crippen LogP contribution in [0.4, 0.5) is 30.4 Å². The van der Waals surface area contributed by atoms with Gasteiger partial charge in [0.25, 0.3) is 5.91 Å². The Morgan fingerprint density at radius 1 is 1.00 bits per heavy atom. The van der Waals surface area contributed by atoms with Gasteiger partial charge in [0.1, 0.15) is 28.4 Å². The molecule has 240 valence electrons. The minimum atomic E-state index is -4.29. The van der Waals surface area contributed by atoms with E-state index in [1.807, 2.05) is 41.5 Å². The van der Waals surface area contributed by atoms with Crippen LogP contribution in [0.1, 0.15) is 71.2 Å². The average molecular weight is 637 g/mol. The lowest BCUT2D eigenvalue weighted by atomic mass is 10.1. The molecule has 0 saturated heterocycles. The summed E-state index contributed by atoms with van der Waals surface area (Å²) in [6.45, 7) is 11.6. The first-order valence-electron chi connectivity index (χ1n) is 14.0. The van der Waals surface area contributed by atoms with Gasteiger partial charge in [0.15, 0.2) is 0 Å². The molecule has 2 aromatic heterocycles. The van der Waals surface area contributed by atoms with Crippen LogP contribution in [-0.4, -0.2) is 50.8 Å². The zero-order valence-corrected chi connectivity index (χ0v) is 26.5. The van der Waals surface area contributed by atoms with Crippen molar-refractivity contribution in [2.24, 2.45) is 5.73 Å². The number of pyridine rings is 1. The van der Waals surface area contributed by atoms with E-state index in [1.165, 1.54) is 0 Å². The Morgan fingerprint density at radius 3 is 2.27 bits per heavy atom. The summed E-state index contributed by atoms with van der Waals surface area (Å²) in [4.78, 5) is 28.9. The highest BCUT2D eigenvalue weighted by atomic mass is 32.2. The molecule has 0 aliphatic carbocycles. The first-order chi connectivity index (χ1) is 20.4. The highest BCUT2D eigenvalue weighted by Gasteiger charge is 2.29. The Balaban J connectivity index is 1.77. The molecule has 0 saturated carbocycles. The van der Waals surface area contributed by atoms with E-state index < -0.39 is 29.0 Å². The predicted octanol–water partition coefficient (Wildman–Crippen LogP) is 7.06. The lowest BCUT2D eigenvalue weighted by Crippen LogP contribution is -2.25. The summed E-state index contributed by atoms with van der Waals surface area (Å²) in [6.07, 6.45) is -1.21. The number of unbranched alkanes of at least 4 members (excludes halogenated alkanes) is 1. The molecule has 2 heterocycles. The first-order valence-corrected chi connectivity index (χ1v) is 15.0. The lowest BCUT2D eigenvalue weighted by Gasteiger charge is -2.23. The Labute approximate surface area is 259 Å². The maximum absolute atomic E-state index is 12.8. The second-order valence-electron chi connectivity index (χ2n) is 12.0. The number of esters is 1. The number of primary amides is 1. The minimum Gasteiger partial charge on any atom is -0.478 e. The van der Waals surface area contributed by atoms with E-state index in [0.29, 0.717) is 72.1 Å². The van der Waals surface area contributed by atoms with Gasteiger partial charge in [-0.2, -0.15) is 18.3 Å². The summed E-state index contributed by atoms with van der Waals surface area (Å²) in [5.41, 5.74) is 6.82. The van der Waals surface area contributed by atoms with Crippen molar-refractivity contribution in [3.8, 4) is 17.1 Å². The van der Waals surface area contributed by atoms with E-state index in [1.54, 1.807) is 47.3 Å². The van der Waals surface area contributed by atoms with Gasteiger partial charge in [-0.25, -0.2) is 9.67 Å². The molecule has 0 fully saturated rings. The zero-order chi connectivity index (χ0) is 32.7. The van der Waals surface area contributed by atoms with Crippen LogP contribution in [0.15, 0.2) is 42.6 Å². The number of benzene rings is 1. The molecule has 1 aromatic carbocycles. The zero-order valence-electron chi connectivity index (χ0n) is 25.7. The number of nitrogens with one attached hydrogen (secondary N) is 2. The van der Waals surface area contributed by atoms with Gasteiger partial charge in [-0.3, -0.25) is 9.59 Å². The highest BCUT2D eigenvalue weighted by Crippen LogP contribution is 2.35. The number of anilines is 3. The van der Waals surface area contributed by atoms with Crippen molar-refractivity contribution in [3.63, 3.8) is 0 Å². The van der Waals surface area contributed by atoms with Crippen LogP contribution in [-0.2, 0) is 15.1 Å². The van der Waals surface area contributed by atoms with Gasteiger partial charge in [-0.15, -0.1) is 0 Å². The molecule has 44 heavy (non-hydrogen) atoms. The highest BCUT2D eigenvalue weighted by molar-refractivity contribution is 8.00. The van der Waals surface area contributed by atoms with Gasteiger partial charge in [-0.05, 0) is 84.5 Å². The van der Waals surface area contributed by atoms with Crippen molar-refractivity contribution in [3.05, 3.63) is 48.2 Å². The molecule has 14 heteroatoms. The third-order valence-electron chi connectivity index (χ3n) is 5.79. The van der Waals surface area contributed by atoms with Gasteiger partial charge < -0.3 is 25.2 Å². The first kappa shape index (κ1) is 34.5. The largest absolute Gasteiger partial charge is 0.478 e. The number of aromatic nitrogens is 3. The van der Waals surface area contributed by atoms with E-state index in [-0.39, 0.29) is 11.5 Å². The molecule has 0 aliphatic heterocycles. The van der Waals surface area contributed by atoms with Crippen molar-refractivity contribution >= 4 is 41.0 Å². The van der Waals surface area contributed by atoms with Crippen molar-refractivity contribution in [1.29, 1.82) is 0 Å². The van der Waals surface area contributed by atoms with Crippen LogP contribution in [0.5, 0.6) is 5.88 Å². The SMILES string of the molecule is CC(C)(C)OC(=O)CCCCOc1cc(Nc2c(C(N)=O)c(-c3ccc(NSCC(F)(F)F)cc3)nn2C(C)(C)C)ccn1. The van der Waals surface area contributed by atoms with Crippen LogP contribution in [0.3, 0.4) is 0 Å². The molecular weight excluding hydrogens is 597 g/mol. The third-order valence-corrected chi connectivity index (χ3v) is 6.65. The topological polar surface area (TPSA) is 133 Å². The molecule has 0 aliphatic rings. The number of amides is 1. The summed E-state index contributed by atoms with van der Waals surface area (Å²) >= 11 is 0.532. The number of hydrogen-bond acceptors (Lipinski definition) is 9. The van der Waals surface area contributed by atoms with Gasteiger partial charge in [-0.1, -0.05) is 12.1 Å². The fourth-order valence-corrected chi connectivity index (χ4v) is 4.53. The van der Waals surface area contributed by atoms with Crippen LogP contribution >= 0.6 is 11.9 Å². The summed E-state index contributed by atoms with van der Waals surface area (Å²) < 4.78 is 52.9. The molecule has 10 nitrogen and oxygen atoms in total. The Morgan fingerprint density at radius 2 is 1.68 bits per heavy atom. The summed E-state index contributed by atoms with van der Waals surface area (Å²) in [5.74, 6) is -1.30. The third kappa shape index (κ3) is 10.6. The summed E-state index contributed by atoms with van der Waals surface area (Å²) in [5, 5.41) is 7.96. The molecule has 0 spiro atoms. The average Bonchev–Trinajstić information content (AvgIpc) is 3.27. The number of nitrogens with two attached hydrogens (primary N) is 1. The van der Waals surface area contributed by atoms with Gasteiger partial charge in [0.2, 0.25) is 5.88 Å². The van der Waals surface area contributed by atoms with Crippen LogP contribution in [0.25, 0.3) is 11.3 Å². The number of rotatable bonds is 13. The quantitative estimate of drug-likeness (QED) is 0.102. The number of nitrogens with zero attached hydrogens (tertiary/aromatic N) is 3. The Hall–Kier alpha value is -3.94. The fourth-order valence-electron chi connectivity index (χ4n) is 4.00. The van der Waals surface area contributed by atoms with Crippen molar-refractivity contribution in [2.45, 2.75) is 78.1 Å². The van der Waals surface area contributed by atoms with Crippen LogP contribution in [0, 0.1) is 0 Å². The number of hydrogen-bond donors (Lipinski definition) is 3. The molecule has 3 aromatic rings. The second kappa shape index (κ2) is 14.2. The van der Waals surface area contributed by atoms with Crippen LogP contribution in [0.2, 0.25) is 0 Å². The van der Waals surface area contributed by atoms with Crippen molar-refractivity contribution in [1.82, 2.24) is 14.8 Å². The lowest BCUT2D eigenvalue weighted by molar-refractivity contribution is -0.154. The van der Waals surface area contributed by atoms with Gasteiger partial charge in [0, 0.05) is 35.6 Å². The fraction of sp³-hybridized carbons (Fsp3) is 0.467. The van der Waals surface area contributed by atoms with Crippen molar-refractivity contribution in [2.75, 3.05) is 22.4 Å². The molecule has 0 bridgehead atoms. The van der Waals surface area contributed by atoms with E-state index in [4.69, 9.17) is 20.3 Å². The van der Waals surface area contributed by atoms with E-state index in [0.717, 1.165) is 0 Å². The number of carbonyl (C=O) groups is 2. The monoisotopic (exact) mass is 636 g/mol. The van der Waals surface area contributed by atoms with Gasteiger partial charge in [0.05, 0.1) is 12.1 Å². The standard InChI is InChI=1S/C30H39F3N6O4S/c1-28(2,3)39-27(36-21-14-15-35-22(17-21)42-16-8-7-9-23(40)43-29(4,5)6)24(26(34)41)25(37-39)19-10-12-20(13-11-19)38-44-18-30(31,32)33/h10-15,17,38H,7-9,16,18H2,1-6H3,(H2,34,41)(H,35,36). The minimum absolute atomic E-state index is 0.147. The second-order valence-corrected chi connectivity index (χ2v) is 12.8. The molecule has 0 atom stereocenters. The normalized spacial score (nSPS) is 12.1. The molecule has 0 unspecified atom stereocenters. The number of ether oxygens (including phenoxy) is 2.